The van der Waals surface area contributed by atoms with Crippen LogP contribution >= 0.6 is 0 Å². The number of methoxy groups -OCH3 is 1. The van der Waals surface area contributed by atoms with Crippen LogP contribution in [-0.4, -0.2) is 59.7 Å². The first kappa shape index (κ1) is 51.8. The molecule has 9 nitrogen and oxygen atoms in total. The molecule has 1 aliphatic carbocycles. The second-order valence-corrected chi connectivity index (χ2v) is 19.7. The minimum Gasteiger partial charge on any atom is -0.681 e. The quantitative estimate of drug-likeness (QED) is 0.0461. The van der Waals surface area contributed by atoms with Crippen LogP contribution in [0.5, 0.6) is 0 Å². The maximum Gasteiger partial charge on any atom is 2.00 e. The van der Waals surface area contributed by atoms with Gasteiger partial charge in [-0.1, -0.05) is 157 Å². The molecule has 1 unspecified atom stereocenters. The van der Waals surface area contributed by atoms with E-state index in [0.717, 1.165) is 92.6 Å². The molecule has 7 atom stereocenters. The van der Waals surface area contributed by atoms with Gasteiger partial charge in [0.1, 0.15) is 12.5 Å². The van der Waals surface area contributed by atoms with Crippen LogP contribution in [0.4, 0.5) is 0 Å². The van der Waals surface area contributed by atoms with E-state index in [4.69, 9.17) is 30.1 Å². The Hall–Kier alpha value is -4.15. The van der Waals surface area contributed by atoms with Crippen LogP contribution in [0.1, 0.15) is 153 Å². The fraction of sp³-hybridized carbons (Fsp3) is 0.564. The number of ether oxygens (including phenoxy) is 2. The fourth-order valence-corrected chi connectivity index (χ4v) is 10.4. The third-order valence-corrected chi connectivity index (χ3v) is 14.5. The van der Waals surface area contributed by atoms with Gasteiger partial charge in [0.05, 0.1) is 7.11 Å². The Labute approximate surface area is 405 Å². The van der Waals surface area contributed by atoms with E-state index in [1.807, 2.05) is 38.2 Å². The third kappa shape index (κ3) is 11.7. The van der Waals surface area contributed by atoms with Crippen LogP contribution in [0.2, 0.25) is 0 Å². The van der Waals surface area contributed by atoms with E-state index in [-0.39, 0.29) is 53.2 Å². The number of hydrogen-bond acceptors (Lipinski definition) is 5. The SMILES string of the molecule is C=Cc1c2[n-]c(c1C)/C=C1\[N-]C(C3=C4[N-]C(=C(C)[C@H]4C(=O)[C@@H]3C(=O)OC)/C=c3\[n-]/c(c(C)c3CC)=C\2)[C@@H](C/C=C(\O)OC/C=C(\C)CCC[C@H](C)CCC[C@H](C)CCCC(C)C)[C@@H]1C.[Mg+2]. The number of allylic oxidation sites excluding steroid dienone is 5. The molecule has 0 radical (unpaired) electrons. The number of hydrogen-bond donors (Lipinski definition) is 1. The molecule has 65 heavy (non-hydrogen) atoms. The van der Waals surface area contributed by atoms with Crippen LogP contribution in [0, 0.1) is 55.3 Å². The van der Waals surface area contributed by atoms with E-state index in [1.54, 1.807) is 6.08 Å². The first-order chi connectivity index (χ1) is 30.6. The van der Waals surface area contributed by atoms with Gasteiger partial charge in [0.2, 0.25) is 0 Å². The van der Waals surface area contributed by atoms with Gasteiger partial charge in [0.25, 0.3) is 5.95 Å². The van der Waals surface area contributed by atoms with Crippen LogP contribution in [0.3, 0.4) is 0 Å². The number of nitrogens with zero attached hydrogens (tertiary/aromatic N) is 4. The Kier molecular flexibility index (Phi) is 18.4. The van der Waals surface area contributed by atoms with Crippen molar-refractivity contribution in [2.75, 3.05) is 13.7 Å². The molecule has 3 aliphatic heterocycles. The second kappa shape index (κ2) is 23.0. The minimum absolute atomic E-state index is 0. The number of aliphatic hydroxyl groups is 1. The summed E-state index contributed by atoms with van der Waals surface area (Å²) in [6.07, 6.45) is 24.1. The standard InChI is InChI=1S/C55H74N4O5.Mg/c1-13-39-35(8)42-28-44-37(10)41(24-25-48(60)64-27-26-34(7)23-17-22-33(6)21-16-20-32(5)19-15-18-31(3)4)52(58-44)50-51(55(62)63-12)54(61)49-38(11)45(59-53(49)50)30-47-40(14-2)36(9)43(57-47)29-46(39)56-42;/h13,25-26,28-33,37,41,49,51-52,60H,1,14-24,27H2,2-12H3;/q-4;+2/b34-26+,43-29-,44-28-,47-30-,48-25+;/t32-,33-,37+,41+,49-,51-,52?;/m1./s1. The second-order valence-electron chi connectivity index (χ2n) is 19.7. The van der Waals surface area contributed by atoms with E-state index in [0.29, 0.717) is 23.4 Å². The van der Waals surface area contributed by atoms with Gasteiger partial charge >= 0.3 is 29.0 Å². The van der Waals surface area contributed by atoms with Crippen LogP contribution in [-0.2, 0) is 25.5 Å². The number of carbonyl (C=O) groups excluding carboxylic acids is 2. The predicted molar refractivity (Wildman–Crippen MR) is 266 cm³/mol. The third-order valence-electron chi connectivity index (χ3n) is 14.5. The molecule has 0 aromatic carbocycles. The Balaban J connectivity index is 0.00000793. The monoisotopic (exact) mass is 895 g/mol. The Bertz CT molecular complexity index is 2350. The summed E-state index contributed by atoms with van der Waals surface area (Å²) >= 11 is 0. The molecular formula is C55H74MgN4O5-2. The van der Waals surface area contributed by atoms with Crippen molar-refractivity contribution >= 4 is 59.1 Å². The van der Waals surface area contributed by atoms with Gasteiger partial charge in [-0.3, -0.25) is 9.59 Å². The molecule has 5 heterocycles. The molecule has 0 spiro atoms. The zero-order valence-electron chi connectivity index (χ0n) is 41.4. The number of Topliss-reactive ketones (excluding diaryl/α,β-unsaturated/α-hetero) is 1. The molecule has 1 N–H and O–H groups in total. The van der Waals surface area contributed by atoms with Gasteiger partial charge in [0, 0.05) is 5.92 Å². The summed E-state index contributed by atoms with van der Waals surface area (Å²) < 4.78 is 11.1. The van der Waals surface area contributed by atoms with Crippen molar-refractivity contribution in [2.45, 2.75) is 146 Å². The molecule has 348 valence electrons. The average Bonchev–Trinajstić information content (AvgIpc) is 3.99. The van der Waals surface area contributed by atoms with Gasteiger partial charge in [-0.15, -0.1) is 33.5 Å². The molecule has 6 rings (SSSR count). The van der Waals surface area contributed by atoms with Crippen molar-refractivity contribution in [3.05, 3.63) is 113 Å². The first-order valence-corrected chi connectivity index (χ1v) is 24.1. The van der Waals surface area contributed by atoms with Crippen molar-refractivity contribution in [1.82, 2.24) is 9.97 Å². The van der Waals surface area contributed by atoms with Crippen LogP contribution in [0.15, 0.2) is 58.5 Å². The number of esters is 1. The maximum atomic E-state index is 14.4. The van der Waals surface area contributed by atoms with E-state index in [1.165, 1.54) is 57.6 Å². The predicted octanol–water partition coefficient (Wildman–Crippen LogP) is 11.1. The van der Waals surface area contributed by atoms with Gasteiger partial charge in [-0.2, -0.15) is 5.70 Å². The zero-order valence-corrected chi connectivity index (χ0v) is 42.8. The first-order valence-electron chi connectivity index (χ1n) is 24.1. The summed E-state index contributed by atoms with van der Waals surface area (Å²) in [7, 11) is 1.32. The van der Waals surface area contributed by atoms with E-state index in [9.17, 15) is 14.7 Å². The molecule has 10 heteroatoms. The zero-order chi connectivity index (χ0) is 46.4. The molecule has 0 amide bonds. The van der Waals surface area contributed by atoms with Gasteiger partial charge in [-0.05, 0) is 101 Å². The van der Waals surface area contributed by atoms with E-state index in [2.05, 4.69) is 68.0 Å². The molecule has 0 saturated carbocycles. The van der Waals surface area contributed by atoms with Crippen molar-refractivity contribution in [3.63, 3.8) is 0 Å². The summed E-state index contributed by atoms with van der Waals surface area (Å²) in [6.45, 7) is 26.2. The summed E-state index contributed by atoms with van der Waals surface area (Å²) in [5.41, 5.74) is 10.3. The van der Waals surface area contributed by atoms with Crippen molar-refractivity contribution < 1.29 is 24.2 Å². The van der Waals surface area contributed by atoms with Crippen molar-refractivity contribution in [1.29, 1.82) is 0 Å². The molecule has 1 fully saturated rings. The van der Waals surface area contributed by atoms with Gasteiger partial charge in [0.15, 0.2) is 5.78 Å². The van der Waals surface area contributed by atoms with Crippen LogP contribution < -0.4 is 20.7 Å². The normalized spacial score (nSPS) is 24.3. The number of rotatable bonds is 20. The molecule has 2 aromatic rings. The van der Waals surface area contributed by atoms with E-state index < -0.39 is 23.8 Å². The summed E-state index contributed by atoms with van der Waals surface area (Å²) in [4.78, 5) is 38.2. The number of ketones is 1. The molecular weight excluding hydrogens is 821 g/mol. The van der Waals surface area contributed by atoms with Crippen molar-refractivity contribution in [2.24, 2.45) is 41.4 Å². The Morgan fingerprint density at radius 2 is 1.58 bits per heavy atom. The topological polar surface area (TPSA) is 129 Å². The Morgan fingerprint density at radius 3 is 2.23 bits per heavy atom. The largest absolute Gasteiger partial charge is 2.00 e. The Morgan fingerprint density at radius 1 is 0.908 bits per heavy atom. The van der Waals surface area contributed by atoms with E-state index >= 15 is 0 Å². The number of aliphatic hydroxyl groups excluding tert-OH is 1. The number of aromatic nitrogens is 2. The number of carbonyl (C=O) groups is 2. The average molecular weight is 896 g/mol. The van der Waals surface area contributed by atoms with Gasteiger partial charge < -0.3 is 35.2 Å². The smallest absolute Gasteiger partial charge is 0.681 e. The summed E-state index contributed by atoms with van der Waals surface area (Å²) in [6, 6.07) is -0.595. The molecule has 2 aromatic heterocycles. The fourth-order valence-electron chi connectivity index (χ4n) is 10.4. The van der Waals surface area contributed by atoms with Crippen molar-refractivity contribution in [3.8, 4) is 0 Å². The summed E-state index contributed by atoms with van der Waals surface area (Å²) in [5.74, 6) is -0.890. The summed E-state index contributed by atoms with van der Waals surface area (Å²) in [5, 5.41) is 23.2. The maximum absolute atomic E-state index is 14.4. The van der Waals surface area contributed by atoms with Gasteiger partial charge in [-0.25, -0.2) is 0 Å². The molecule has 8 bridgehead atoms. The molecule has 4 aliphatic rings. The number of fused-ring (bicyclic) bond motifs is 8. The van der Waals surface area contributed by atoms with Crippen LogP contribution in [0.25, 0.3) is 34.9 Å². The minimum atomic E-state index is -1.14. The molecule has 1 saturated heterocycles.